The van der Waals surface area contributed by atoms with Gasteiger partial charge in [-0.25, -0.2) is 4.99 Å². The van der Waals surface area contributed by atoms with Crippen LogP contribution in [0.2, 0.25) is 0 Å². The molecule has 0 spiro atoms. The van der Waals surface area contributed by atoms with E-state index in [1.165, 1.54) is 17.3 Å². The van der Waals surface area contributed by atoms with E-state index < -0.39 is 11.9 Å². The fraction of sp³-hybridized carbons (Fsp3) is 0.233. The van der Waals surface area contributed by atoms with Gasteiger partial charge in [0.1, 0.15) is 17.6 Å². The summed E-state index contributed by atoms with van der Waals surface area (Å²) in [6, 6.07) is 21.6. The van der Waals surface area contributed by atoms with E-state index in [2.05, 4.69) is 22.5 Å². The van der Waals surface area contributed by atoms with Gasteiger partial charge in [0.2, 0.25) is 11.8 Å². The number of hydrogen-bond donors (Lipinski definition) is 2. The zero-order chi connectivity index (χ0) is 28.1. The summed E-state index contributed by atoms with van der Waals surface area (Å²) < 4.78 is 5.36. The molecule has 1 unspecified atom stereocenters. The predicted molar refractivity (Wildman–Crippen MR) is 157 cm³/mol. The number of aryl methyl sites for hydroxylation is 1. The molecule has 0 aliphatic carbocycles. The molecule has 9 nitrogen and oxygen atoms in total. The standard InChI is InChI=1S/C30H29N5O4S/c1-3-19-12-14-21(15-13-19)32-27(37)18-40-30-33-23-10-6-5-9-22(23)28-34-29(38)24(35(28)30)16-26(36)31-17-20-8-4-7-11-25(20)39-2/h4-15,24H,3,16-18H2,1-2H3,(H,31,36)(H,32,37). The van der Waals surface area contributed by atoms with E-state index >= 15 is 0 Å². The number of ether oxygens (including phenoxy) is 1. The molecule has 2 aliphatic heterocycles. The van der Waals surface area contributed by atoms with E-state index in [1.807, 2.05) is 72.8 Å². The molecule has 5 rings (SSSR count). The molecule has 2 aliphatic rings. The second-order valence-electron chi connectivity index (χ2n) is 9.25. The minimum Gasteiger partial charge on any atom is -0.496 e. The molecule has 204 valence electrons. The minimum atomic E-state index is -0.864. The Balaban J connectivity index is 1.29. The first-order valence-corrected chi connectivity index (χ1v) is 14.0. The van der Waals surface area contributed by atoms with E-state index in [1.54, 1.807) is 12.0 Å². The van der Waals surface area contributed by atoms with E-state index in [9.17, 15) is 14.4 Å². The summed E-state index contributed by atoms with van der Waals surface area (Å²) >= 11 is 1.20. The van der Waals surface area contributed by atoms with E-state index in [4.69, 9.17) is 9.73 Å². The van der Waals surface area contributed by atoms with Gasteiger partial charge >= 0.3 is 0 Å². The van der Waals surface area contributed by atoms with Crippen LogP contribution >= 0.6 is 11.8 Å². The zero-order valence-electron chi connectivity index (χ0n) is 22.2. The van der Waals surface area contributed by atoms with Crippen LogP contribution in [0.1, 0.15) is 30.0 Å². The Bertz CT molecular complexity index is 1500. The molecular weight excluding hydrogens is 526 g/mol. The monoisotopic (exact) mass is 555 g/mol. The molecule has 0 aromatic heterocycles. The lowest BCUT2D eigenvalue weighted by molar-refractivity contribution is -0.126. The summed E-state index contributed by atoms with van der Waals surface area (Å²) in [5.74, 6) is 0.247. The average Bonchev–Trinajstić information content (AvgIpc) is 3.31. The molecule has 0 saturated carbocycles. The first kappa shape index (κ1) is 27.1. The van der Waals surface area contributed by atoms with Crippen molar-refractivity contribution in [3.8, 4) is 5.75 Å². The van der Waals surface area contributed by atoms with Gasteiger partial charge in [-0.05, 0) is 42.3 Å². The Morgan fingerprint density at radius 3 is 2.50 bits per heavy atom. The van der Waals surface area contributed by atoms with Gasteiger partial charge in [0.25, 0.3) is 5.91 Å². The van der Waals surface area contributed by atoms with Crippen molar-refractivity contribution in [2.75, 3.05) is 18.2 Å². The lowest BCUT2D eigenvalue weighted by Gasteiger charge is -2.30. The Morgan fingerprint density at radius 1 is 0.975 bits per heavy atom. The zero-order valence-corrected chi connectivity index (χ0v) is 23.0. The Morgan fingerprint density at radius 2 is 1.73 bits per heavy atom. The number of aliphatic imine (C=N–C) groups is 2. The number of para-hydroxylation sites is 2. The van der Waals surface area contributed by atoms with Gasteiger partial charge in [-0.15, -0.1) is 0 Å². The fourth-order valence-electron chi connectivity index (χ4n) is 4.54. The molecule has 1 atom stereocenters. The first-order chi connectivity index (χ1) is 19.5. The molecule has 40 heavy (non-hydrogen) atoms. The normalized spacial score (nSPS) is 15.5. The fourth-order valence-corrected chi connectivity index (χ4v) is 5.39. The number of methoxy groups -OCH3 is 1. The summed E-state index contributed by atoms with van der Waals surface area (Å²) in [7, 11) is 1.58. The number of anilines is 1. The summed E-state index contributed by atoms with van der Waals surface area (Å²) in [5, 5.41) is 6.22. The maximum absolute atomic E-state index is 13.1. The van der Waals surface area contributed by atoms with Gasteiger partial charge in [0.15, 0.2) is 5.17 Å². The minimum absolute atomic E-state index is 0.0707. The van der Waals surface area contributed by atoms with Crippen LogP contribution < -0.4 is 15.4 Å². The highest BCUT2D eigenvalue weighted by Crippen LogP contribution is 2.35. The number of carbonyl (C=O) groups excluding carboxylic acids is 3. The van der Waals surface area contributed by atoms with Crippen molar-refractivity contribution in [1.29, 1.82) is 0 Å². The molecule has 0 saturated heterocycles. The van der Waals surface area contributed by atoms with Crippen molar-refractivity contribution in [3.05, 3.63) is 89.5 Å². The number of benzene rings is 3. The molecule has 0 radical (unpaired) electrons. The molecule has 0 bridgehead atoms. The van der Waals surface area contributed by atoms with Crippen LogP contribution in [0.5, 0.6) is 5.75 Å². The van der Waals surface area contributed by atoms with Crippen molar-refractivity contribution < 1.29 is 19.1 Å². The van der Waals surface area contributed by atoms with Gasteiger partial charge in [-0.2, -0.15) is 4.99 Å². The number of carbonyl (C=O) groups is 3. The SMILES string of the molecule is CCc1ccc(NC(=O)CSC2=Nc3ccccc3C3=NC(=O)C(CC(=O)NCc4ccccc4OC)N23)cc1. The number of nitrogens with zero attached hydrogens (tertiary/aromatic N) is 3. The lowest BCUT2D eigenvalue weighted by Crippen LogP contribution is -2.46. The maximum atomic E-state index is 13.1. The van der Waals surface area contributed by atoms with Crippen LogP contribution in [-0.2, 0) is 27.3 Å². The van der Waals surface area contributed by atoms with Crippen LogP contribution in [0.4, 0.5) is 11.4 Å². The molecule has 10 heteroatoms. The number of amides is 3. The predicted octanol–water partition coefficient (Wildman–Crippen LogP) is 4.29. The molecule has 3 aromatic carbocycles. The maximum Gasteiger partial charge on any atom is 0.271 e. The quantitative estimate of drug-likeness (QED) is 0.407. The van der Waals surface area contributed by atoms with Crippen molar-refractivity contribution in [2.24, 2.45) is 9.98 Å². The van der Waals surface area contributed by atoms with Gasteiger partial charge in [-0.3, -0.25) is 19.3 Å². The van der Waals surface area contributed by atoms with Crippen LogP contribution in [-0.4, -0.2) is 52.5 Å². The van der Waals surface area contributed by atoms with Crippen molar-refractivity contribution in [1.82, 2.24) is 10.2 Å². The highest BCUT2D eigenvalue weighted by atomic mass is 32.2. The van der Waals surface area contributed by atoms with Crippen LogP contribution in [0.15, 0.2) is 82.8 Å². The largest absolute Gasteiger partial charge is 0.496 e. The first-order valence-electron chi connectivity index (χ1n) is 13.0. The van der Waals surface area contributed by atoms with E-state index in [0.717, 1.165) is 12.0 Å². The second-order valence-corrected chi connectivity index (χ2v) is 10.2. The van der Waals surface area contributed by atoms with E-state index in [0.29, 0.717) is 33.7 Å². The van der Waals surface area contributed by atoms with Gasteiger partial charge in [0, 0.05) is 23.4 Å². The number of thioether (sulfide) groups is 1. The number of rotatable bonds is 9. The summed E-state index contributed by atoms with van der Waals surface area (Å²) in [4.78, 5) is 49.5. The average molecular weight is 556 g/mol. The summed E-state index contributed by atoms with van der Waals surface area (Å²) in [6.07, 6.45) is 0.808. The van der Waals surface area contributed by atoms with Gasteiger partial charge in [0.05, 0.1) is 25.0 Å². The highest BCUT2D eigenvalue weighted by Gasteiger charge is 2.42. The third-order valence-electron chi connectivity index (χ3n) is 6.63. The van der Waals surface area contributed by atoms with Gasteiger partial charge in [-0.1, -0.05) is 61.2 Å². The lowest BCUT2D eigenvalue weighted by atomic mass is 10.1. The van der Waals surface area contributed by atoms with Crippen LogP contribution in [0.25, 0.3) is 0 Å². The highest BCUT2D eigenvalue weighted by molar-refractivity contribution is 8.14. The number of hydrogen-bond acceptors (Lipinski definition) is 7. The Kier molecular flexibility index (Phi) is 8.26. The molecule has 3 aromatic rings. The third kappa shape index (κ3) is 5.91. The van der Waals surface area contributed by atoms with E-state index in [-0.39, 0.29) is 30.5 Å². The molecule has 3 amide bonds. The van der Waals surface area contributed by atoms with Crippen molar-refractivity contribution in [3.63, 3.8) is 0 Å². The Labute approximate surface area is 236 Å². The molecular formula is C30H29N5O4S. The Hall–Kier alpha value is -4.44. The molecule has 0 fully saturated rings. The van der Waals surface area contributed by atoms with Crippen molar-refractivity contribution in [2.45, 2.75) is 32.4 Å². The smallest absolute Gasteiger partial charge is 0.271 e. The molecule has 2 heterocycles. The van der Waals surface area contributed by atoms with Gasteiger partial charge < -0.3 is 15.4 Å². The molecule has 2 N–H and O–H groups in total. The van der Waals surface area contributed by atoms with Crippen molar-refractivity contribution >= 4 is 51.9 Å². The number of fused-ring (bicyclic) bond motifs is 3. The summed E-state index contributed by atoms with van der Waals surface area (Å²) in [5.41, 5.74) is 4.09. The topological polar surface area (TPSA) is 112 Å². The number of nitrogens with one attached hydrogen (secondary N) is 2. The second kappa shape index (κ2) is 12.2. The van der Waals surface area contributed by atoms with Crippen LogP contribution in [0, 0.1) is 0 Å². The van der Waals surface area contributed by atoms with Crippen LogP contribution in [0.3, 0.4) is 0 Å². The third-order valence-corrected chi connectivity index (χ3v) is 7.59. The number of amidine groups is 2. The summed E-state index contributed by atoms with van der Waals surface area (Å²) in [6.45, 7) is 2.33.